The first-order valence-corrected chi connectivity index (χ1v) is 9.08. The number of anilines is 1. The van der Waals surface area contributed by atoms with Crippen LogP contribution in [0.5, 0.6) is 0 Å². The number of hydrogen-bond donors (Lipinski definition) is 0. The molecule has 0 unspecified atom stereocenters. The molecule has 0 aromatic carbocycles. The van der Waals surface area contributed by atoms with Crippen molar-refractivity contribution >= 4 is 55.7 Å². The van der Waals surface area contributed by atoms with Gasteiger partial charge in [0.25, 0.3) is 0 Å². The predicted molar refractivity (Wildman–Crippen MR) is 92.0 cm³/mol. The molecular weight excluding hydrogens is 370 g/mol. The standard InChI is InChI=1S/C14H14BrN3OS2/c15-12-3-1-11(21-12)2-4-13(19)17-6-8-18(9-7-17)14-16-5-10-20-14/h1-5,10H,6-9H2/b4-2+. The Balaban J connectivity index is 1.54. The zero-order chi connectivity index (χ0) is 14.7. The Morgan fingerprint density at radius 1 is 1.29 bits per heavy atom. The quantitative estimate of drug-likeness (QED) is 0.762. The van der Waals surface area contributed by atoms with Crippen LogP contribution in [0.3, 0.4) is 0 Å². The van der Waals surface area contributed by atoms with Gasteiger partial charge in [0.2, 0.25) is 5.91 Å². The first-order chi connectivity index (χ1) is 10.2. The molecule has 1 fully saturated rings. The Morgan fingerprint density at radius 3 is 2.71 bits per heavy atom. The van der Waals surface area contributed by atoms with Crippen molar-refractivity contribution in [2.24, 2.45) is 0 Å². The van der Waals surface area contributed by atoms with Gasteiger partial charge >= 0.3 is 0 Å². The molecule has 21 heavy (non-hydrogen) atoms. The zero-order valence-corrected chi connectivity index (χ0v) is 14.5. The fourth-order valence-corrected chi connectivity index (χ4v) is 4.19. The van der Waals surface area contributed by atoms with Crippen molar-refractivity contribution < 1.29 is 4.79 Å². The minimum absolute atomic E-state index is 0.0818. The third kappa shape index (κ3) is 3.72. The molecule has 0 radical (unpaired) electrons. The number of halogens is 1. The second kappa shape index (κ2) is 6.72. The molecule has 7 heteroatoms. The molecular formula is C14H14BrN3OS2. The minimum atomic E-state index is 0.0818. The van der Waals surface area contributed by atoms with Crippen LogP contribution in [0.15, 0.2) is 33.6 Å². The van der Waals surface area contributed by atoms with Gasteiger partial charge in [-0.1, -0.05) is 0 Å². The molecule has 1 aliphatic heterocycles. The van der Waals surface area contributed by atoms with Gasteiger partial charge < -0.3 is 9.80 Å². The van der Waals surface area contributed by atoms with Crippen molar-refractivity contribution in [2.75, 3.05) is 31.1 Å². The highest BCUT2D eigenvalue weighted by Crippen LogP contribution is 2.23. The summed E-state index contributed by atoms with van der Waals surface area (Å²) in [6.07, 6.45) is 5.36. The van der Waals surface area contributed by atoms with Crippen LogP contribution < -0.4 is 4.90 Å². The number of aromatic nitrogens is 1. The molecule has 4 nitrogen and oxygen atoms in total. The van der Waals surface area contributed by atoms with E-state index in [0.29, 0.717) is 0 Å². The van der Waals surface area contributed by atoms with Crippen molar-refractivity contribution in [3.63, 3.8) is 0 Å². The second-order valence-corrected chi connectivity index (χ2v) is 7.97. The number of carbonyl (C=O) groups excluding carboxylic acids is 1. The topological polar surface area (TPSA) is 36.4 Å². The molecule has 0 spiro atoms. The van der Waals surface area contributed by atoms with Gasteiger partial charge in [-0.2, -0.15) is 0 Å². The normalized spacial score (nSPS) is 15.9. The lowest BCUT2D eigenvalue weighted by molar-refractivity contribution is -0.126. The number of nitrogens with zero attached hydrogens (tertiary/aromatic N) is 3. The fraction of sp³-hybridized carbons (Fsp3) is 0.286. The Kier molecular flexibility index (Phi) is 4.72. The summed E-state index contributed by atoms with van der Waals surface area (Å²) in [4.78, 5) is 21.7. The molecule has 0 atom stereocenters. The number of rotatable bonds is 3. The van der Waals surface area contributed by atoms with E-state index in [9.17, 15) is 4.79 Å². The summed E-state index contributed by atoms with van der Waals surface area (Å²) in [5.41, 5.74) is 0. The highest BCUT2D eigenvalue weighted by atomic mass is 79.9. The molecule has 1 aliphatic rings. The third-order valence-electron chi connectivity index (χ3n) is 3.27. The minimum Gasteiger partial charge on any atom is -0.345 e. The van der Waals surface area contributed by atoms with Gasteiger partial charge in [0.05, 0.1) is 3.79 Å². The third-order valence-corrected chi connectivity index (χ3v) is 5.69. The summed E-state index contributed by atoms with van der Waals surface area (Å²) in [6, 6.07) is 3.99. The van der Waals surface area contributed by atoms with E-state index < -0.39 is 0 Å². The summed E-state index contributed by atoms with van der Waals surface area (Å²) in [6.45, 7) is 3.18. The lowest BCUT2D eigenvalue weighted by Gasteiger charge is -2.34. The maximum atomic E-state index is 12.2. The van der Waals surface area contributed by atoms with E-state index >= 15 is 0 Å². The number of amides is 1. The summed E-state index contributed by atoms with van der Waals surface area (Å²) in [5.74, 6) is 0.0818. The maximum absolute atomic E-state index is 12.2. The average Bonchev–Trinajstić information content (AvgIpc) is 3.16. The highest BCUT2D eigenvalue weighted by Gasteiger charge is 2.20. The number of hydrogen-bond acceptors (Lipinski definition) is 5. The second-order valence-electron chi connectivity index (χ2n) is 4.60. The molecule has 0 bridgehead atoms. The Labute approximate surface area is 139 Å². The number of piperazine rings is 1. The van der Waals surface area contributed by atoms with Crippen LogP contribution in [0.1, 0.15) is 4.88 Å². The van der Waals surface area contributed by atoms with Crippen LogP contribution in [-0.4, -0.2) is 42.0 Å². The Bertz CT molecular complexity index is 630. The van der Waals surface area contributed by atoms with E-state index in [1.807, 2.05) is 34.7 Å². The maximum Gasteiger partial charge on any atom is 0.246 e. The van der Waals surface area contributed by atoms with Crippen molar-refractivity contribution in [1.82, 2.24) is 9.88 Å². The molecule has 0 N–H and O–H groups in total. The molecule has 2 aromatic heterocycles. The van der Waals surface area contributed by atoms with Crippen LogP contribution in [0, 0.1) is 0 Å². The lowest BCUT2D eigenvalue weighted by Crippen LogP contribution is -2.48. The number of thiophene rings is 1. The zero-order valence-electron chi connectivity index (χ0n) is 11.2. The first kappa shape index (κ1) is 14.7. The van der Waals surface area contributed by atoms with Gasteiger partial charge in [-0.25, -0.2) is 4.98 Å². The average molecular weight is 384 g/mol. The summed E-state index contributed by atoms with van der Waals surface area (Å²) in [7, 11) is 0. The Morgan fingerprint density at radius 2 is 2.10 bits per heavy atom. The van der Waals surface area contributed by atoms with Gasteiger partial charge in [-0.3, -0.25) is 4.79 Å². The van der Waals surface area contributed by atoms with E-state index in [1.165, 1.54) is 0 Å². The summed E-state index contributed by atoms with van der Waals surface area (Å²) >= 11 is 6.68. The first-order valence-electron chi connectivity index (χ1n) is 6.59. The van der Waals surface area contributed by atoms with E-state index in [0.717, 1.165) is 40.0 Å². The molecule has 3 heterocycles. The van der Waals surface area contributed by atoms with Crippen molar-refractivity contribution in [1.29, 1.82) is 0 Å². The monoisotopic (exact) mass is 383 g/mol. The highest BCUT2D eigenvalue weighted by molar-refractivity contribution is 9.11. The van der Waals surface area contributed by atoms with E-state index in [2.05, 4.69) is 25.8 Å². The van der Waals surface area contributed by atoms with Crippen LogP contribution in [0.25, 0.3) is 6.08 Å². The molecule has 3 rings (SSSR count). The van der Waals surface area contributed by atoms with Crippen LogP contribution in [0.2, 0.25) is 0 Å². The van der Waals surface area contributed by atoms with Gasteiger partial charge in [-0.15, -0.1) is 22.7 Å². The van der Waals surface area contributed by atoms with Gasteiger partial charge in [0.15, 0.2) is 5.13 Å². The van der Waals surface area contributed by atoms with Gasteiger partial charge in [0.1, 0.15) is 0 Å². The van der Waals surface area contributed by atoms with Crippen LogP contribution in [0.4, 0.5) is 5.13 Å². The molecule has 2 aromatic rings. The number of carbonyl (C=O) groups is 1. The Hall–Kier alpha value is -1.18. The molecule has 110 valence electrons. The van der Waals surface area contributed by atoms with Crippen molar-refractivity contribution in [3.05, 3.63) is 38.4 Å². The van der Waals surface area contributed by atoms with E-state index in [4.69, 9.17) is 0 Å². The SMILES string of the molecule is O=C(/C=C/c1ccc(Br)s1)N1CCN(c2nccs2)CC1. The van der Waals surface area contributed by atoms with Gasteiger partial charge in [0, 0.05) is 48.7 Å². The summed E-state index contributed by atoms with van der Waals surface area (Å²) in [5, 5.41) is 3.02. The van der Waals surface area contributed by atoms with Crippen molar-refractivity contribution in [3.8, 4) is 0 Å². The molecule has 1 saturated heterocycles. The summed E-state index contributed by atoms with van der Waals surface area (Å²) < 4.78 is 1.08. The smallest absolute Gasteiger partial charge is 0.246 e. The van der Waals surface area contributed by atoms with Gasteiger partial charge in [-0.05, 0) is 34.1 Å². The fourth-order valence-electron chi connectivity index (χ4n) is 2.17. The molecule has 1 amide bonds. The lowest BCUT2D eigenvalue weighted by atomic mass is 10.3. The largest absolute Gasteiger partial charge is 0.345 e. The van der Waals surface area contributed by atoms with E-state index in [-0.39, 0.29) is 5.91 Å². The molecule has 0 aliphatic carbocycles. The number of thiazole rings is 1. The van der Waals surface area contributed by atoms with E-state index in [1.54, 1.807) is 28.7 Å². The molecule has 0 saturated carbocycles. The predicted octanol–water partition coefficient (Wildman–Crippen LogP) is 3.33. The van der Waals surface area contributed by atoms with Crippen molar-refractivity contribution in [2.45, 2.75) is 0 Å². The van der Waals surface area contributed by atoms with Crippen LogP contribution in [-0.2, 0) is 4.79 Å². The van der Waals surface area contributed by atoms with Crippen LogP contribution >= 0.6 is 38.6 Å².